The highest BCUT2D eigenvalue weighted by molar-refractivity contribution is 7.99. The average Bonchev–Trinajstić information content (AvgIpc) is 2.39. The molecule has 1 unspecified atom stereocenters. The molecular weight excluding hydrogens is 283 g/mol. The molecule has 5 nitrogen and oxygen atoms in total. The summed E-state index contributed by atoms with van der Waals surface area (Å²) < 4.78 is 14.1. The molecule has 1 amide bonds. The number of carbonyl (C=O) groups excluding carboxylic acids is 1. The van der Waals surface area contributed by atoms with Gasteiger partial charge >= 0.3 is 5.97 Å². The van der Waals surface area contributed by atoms with E-state index in [-0.39, 0.29) is 18.0 Å². The Hall–Kier alpha value is -1.76. The van der Waals surface area contributed by atoms with Crippen molar-refractivity contribution in [3.8, 4) is 0 Å². The van der Waals surface area contributed by atoms with Gasteiger partial charge in [0.25, 0.3) is 0 Å². The van der Waals surface area contributed by atoms with E-state index >= 15 is 0 Å². The monoisotopic (exact) mass is 298 g/mol. The highest BCUT2D eigenvalue weighted by atomic mass is 32.2. The summed E-state index contributed by atoms with van der Waals surface area (Å²) in [6.07, 6.45) is -0.0377. The van der Waals surface area contributed by atoms with Gasteiger partial charge in [0, 0.05) is 29.7 Å². The smallest absolute Gasteiger partial charge is 0.305 e. The molecule has 1 saturated heterocycles. The Morgan fingerprint density at radius 1 is 1.50 bits per heavy atom. The number of thioether (sulfide) groups is 1. The quantitative estimate of drug-likeness (QED) is 0.876. The lowest BCUT2D eigenvalue weighted by molar-refractivity contribution is -0.137. The number of nitrogens with zero attached hydrogens (tertiary/aromatic N) is 1. The first-order valence-corrected chi connectivity index (χ1v) is 7.30. The zero-order chi connectivity index (χ0) is 14.7. The fourth-order valence-electron chi connectivity index (χ4n) is 2.24. The molecule has 1 atom stereocenters. The fourth-order valence-corrected chi connectivity index (χ4v) is 3.30. The van der Waals surface area contributed by atoms with Gasteiger partial charge in [-0.3, -0.25) is 9.59 Å². The summed E-state index contributed by atoms with van der Waals surface area (Å²) in [6, 6.07) is 3.79. The van der Waals surface area contributed by atoms with Crippen LogP contribution in [0.5, 0.6) is 0 Å². The van der Waals surface area contributed by atoms with E-state index in [2.05, 4.69) is 0 Å². The summed E-state index contributed by atoms with van der Waals surface area (Å²) in [5, 5.41) is 8.93. The number of amides is 1. The van der Waals surface area contributed by atoms with Crippen LogP contribution in [-0.2, 0) is 4.79 Å². The van der Waals surface area contributed by atoms with E-state index in [1.165, 1.54) is 12.1 Å². The van der Waals surface area contributed by atoms with E-state index in [4.69, 9.17) is 10.8 Å². The van der Waals surface area contributed by atoms with Gasteiger partial charge in [0.2, 0.25) is 5.91 Å². The maximum Gasteiger partial charge on any atom is 0.305 e. The zero-order valence-electron chi connectivity index (χ0n) is 10.7. The zero-order valence-corrected chi connectivity index (χ0v) is 11.5. The summed E-state index contributed by atoms with van der Waals surface area (Å²) in [4.78, 5) is 23.6. The number of carboxylic acids is 1. The van der Waals surface area contributed by atoms with Crippen molar-refractivity contribution < 1.29 is 19.1 Å². The molecular formula is C13H15FN2O3S. The highest BCUT2D eigenvalue weighted by Crippen LogP contribution is 2.28. The third-order valence-corrected chi connectivity index (χ3v) is 4.27. The van der Waals surface area contributed by atoms with Crippen LogP contribution < -0.4 is 10.6 Å². The van der Waals surface area contributed by atoms with Crippen molar-refractivity contribution in [2.45, 2.75) is 12.5 Å². The first-order chi connectivity index (χ1) is 9.49. The van der Waals surface area contributed by atoms with Crippen LogP contribution in [0.25, 0.3) is 0 Å². The molecule has 108 valence electrons. The van der Waals surface area contributed by atoms with Crippen molar-refractivity contribution in [1.82, 2.24) is 0 Å². The van der Waals surface area contributed by atoms with Crippen LogP contribution in [0, 0.1) is 5.82 Å². The fraction of sp³-hybridized carbons (Fsp3) is 0.385. The number of rotatable bonds is 4. The maximum absolute atomic E-state index is 14.1. The van der Waals surface area contributed by atoms with Gasteiger partial charge in [0.15, 0.2) is 0 Å². The Balaban J connectivity index is 2.27. The second-order valence-electron chi connectivity index (χ2n) is 4.55. The normalized spacial score (nSPS) is 18.9. The molecule has 0 spiro atoms. The molecule has 20 heavy (non-hydrogen) atoms. The molecule has 1 aliphatic heterocycles. The number of benzene rings is 1. The van der Waals surface area contributed by atoms with Crippen LogP contribution in [0.2, 0.25) is 0 Å². The summed E-state index contributed by atoms with van der Waals surface area (Å²) in [5.41, 5.74) is 5.53. The Bertz CT molecular complexity index is 538. The van der Waals surface area contributed by atoms with Gasteiger partial charge in [-0.2, -0.15) is 11.8 Å². The average molecular weight is 298 g/mol. The molecule has 1 heterocycles. The Kier molecular flexibility index (Phi) is 4.49. The largest absolute Gasteiger partial charge is 0.481 e. The minimum Gasteiger partial charge on any atom is -0.481 e. The molecule has 7 heteroatoms. The molecule has 1 aliphatic rings. The topological polar surface area (TPSA) is 83.6 Å². The van der Waals surface area contributed by atoms with Crippen LogP contribution in [0.3, 0.4) is 0 Å². The molecule has 0 aromatic heterocycles. The van der Waals surface area contributed by atoms with Crippen molar-refractivity contribution in [3.05, 3.63) is 29.6 Å². The van der Waals surface area contributed by atoms with Gasteiger partial charge in [0.1, 0.15) is 5.82 Å². The van der Waals surface area contributed by atoms with Gasteiger partial charge in [0.05, 0.1) is 12.1 Å². The first-order valence-electron chi connectivity index (χ1n) is 6.14. The molecule has 2 rings (SSSR count). The molecule has 3 N–H and O–H groups in total. The number of halogens is 1. The van der Waals surface area contributed by atoms with Crippen molar-refractivity contribution in [1.29, 1.82) is 0 Å². The number of nitrogens with two attached hydrogens (primary N) is 1. The molecule has 1 aromatic rings. The third-order valence-electron chi connectivity index (χ3n) is 3.18. The minimum absolute atomic E-state index is 0.0377. The Morgan fingerprint density at radius 2 is 2.25 bits per heavy atom. The van der Waals surface area contributed by atoms with E-state index in [9.17, 15) is 14.0 Å². The third kappa shape index (κ3) is 3.22. The number of carbonyl (C=O) groups is 2. The van der Waals surface area contributed by atoms with Crippen LogP contribution in [0.4, 0.5) is 10.1 Å². The van der Waals surface area contributed by atoms with Gasteiger partial charge in [-0.05, 0) is 18.2 Å². The SMILES string of the molecule is NC(=O)c1ccc(N2CCSCC2CC(=O)O)c(F)c1. The first kappa shape index (κ1) is 14.6. The van der Waals surface area contributed by atoms with Gasteiger partial charge < -0.3 is 15.7 Å². The molecule has 1 aromatic carbocycles. The van der Waals surface area contributed by atoms with Gasteiger partial charge in [-0.25, -0.2) is 4.39 Å². The van der Waals surface area contributed by atoms with Crippen LogP contribution in [-0.4, -0.2) is 41.1 Å². The lowest BCUT2D eigenvalue weighted by atomic mass is 10.1. The van der Waals surface area contributed by atoms with E-state index in [0.717, 1.165) is 11.8 Å². The Morgan fingerprint density at radius 3 is 2.85 bits per heavy atom. The van der Waals surface area contributed by atoms with Gasteiger partial charge in [-0.15, -0.1) is 0 Å². The molecule has 0 bridgehead atoms. The lowest BCUT2D eigenvalue weighted by Gasteiger charge is -2.36. The Labute approximate surface area is 119 Å². The summed E-state index contributed by atoms with van der Waals surface area (Å²) >= 11 is 1.66. The summed E-state index contributed by atoms with van der Waals surface area (Å²) in [5.74, 6) is -0.692. The molecule has 1 fully saturated rings. The summed E-state index contributed by atoms with van der Waals surface area (Å²) in [7, 11) is 0. The number of primary amides is 1. The van der Waals surface area contributed by atoms with E-state index in [1.807, 2.05) is 0 Å². The van der Waals surface area contributed by atoms with Crippen molar-refractivity contribution in [3.63, 3.8) is 0 Å². The van der Waals surface area contributed by atoms with E-state index in [1.54, 1.807) is 16.7 Å². The number of hydrogen-bond acceptors (Lipinski definition) is 4. The van der Waals surface area contributed by atoms with E-state index in [0.29, 0.717) is 18.0 Å². The molecule has 0 aliphatic carbocycles. The number of carboxylic acid groups (broad SMARTS) is 1. The van der Waals surface area contributed by atoms with Crippen molar-refractivity contribution >= 4 is 29.3 Å². The predicted octanol–water partition coefficient (Wildman–Crippen LogP) is 1.32. The van der Waals surface area contributed by atoms with Crippen LogP contribution >= 0.6 is 11.8 Å². The van der Waals surface area contributed by atoms with Gasteiger partial charge in [-0.1, -0.05) is 0 Å². The van der Waals surface area contributed by atoms with Crippen molar-refractivity contribution in [2.24, 2.45) is 5.73 Å². The predicted molar refractivity (Wildman–Crippen MR) is 75.6 cm³/mol. The highest BCUT2D eigenvalue weighted by Gasteiger charge is 2.27. The molecule has 0 saturated carbocycles. The van der Waals surface area contributed by atoms with E-state index < -0.39 is 17.7 Å². The maximum atomic E-state index is 14.1. The van der Waals surface area contributed by atoms with Crippen LogP contribution in [0.1, 0.15) is 16.8 Å². The number of anilines is 1. The molecule has 0 radical (unpaired) electrons. The summed E-state index contributed by atoms with van der Waals surface area (Å²) in [6.45, 7) is 0.579. The second kappa shape index (κ2) is 6.13. The lowest BCUT2D eigenvalue weighted by Crippen LogP contribution is -2.44. The van der Waals surface area contributed by atoms with Crippen molar-refractivity contribution in [2.75, 3.05) is 23.0 Å². The second-order valence-corrected chi connectivity index (χ2v) is 5.70. The number of aliphatic carboxylic acids is 1. The minimum atomic E-state index is -0.906. The number of hydrogen-bond donors (Lipinski definition) is 2. The van der Waals surface area contributed by atoms with Crippen LogP contribution in [0.15, 0.2) is 18.2 Å². The standard InChI is InChI=1S/C13H15FN2O3S/c14-10-5-8(13(15)19)1-2-11(10)16-3-4-20-7-9(16)6-12(17)18/h1-2,5,9H,3-4,6-7H2,(H2,15,19)(H,17,18).